The first-order valence-electron chi connectivity index (χ1n) is 8.17. The van der Waals surface area contributed by atoms with Crippen LogP contribution in [0.5, 0.6) is 0 Å². The molecule has 1 N–H and O–H groups in total. The Morgan fingerprint density at radius 1 is 0.750 bits per heavy atom. The highest BCUT2D eigenvalue weighted by molar-refractivity contribution is 7.83. The summed E-state index contributed by atoms with van der Waals surface area (Å²) in [5, 5.41) is 0. The SMILES string of the molecule is CCCCCCCCCCCCCCN(C)S(=O)(=O)O. The second-order valence-electron chi connectivity index (χ2n) is 5.69. The van der Waals surface area contributed by atoms with E-state index < -0.39 is 10.3 Å². The minimum atomic E-state index is -3.98. The van der Waals surface area contributed by atoms with Crippen molar-refractivity contribution >= 4 is 10.3 Å². The highest BCUT2D eigenvalue weighted by atomic mass is 32.2. The van der Waals surface area contributed by atoms with Gasteiger partial charge in [0.2, 0.25) is 0 Å². The Labute approximate surface area is 125 Å². The molecule has 0 aromatic rings. The van der Waals surface area contributed by atoms with Crippen LogP contribution in [0.3, 0.4) is 0 Å². The van der Waals surface area contributed by atoms with E-state index in [1.807, 2.05) is 0 Å². The van der Waals surface area contributed by atoms with Crippen molar-refractivity contribution < 1.29 is 13.0 Å². The fourth-order valence-electron chi connectivity index (χ4n) is 2.29. The monoisotopic (exact) mass is 307 g/mol. The maximum atomic E-state index is 10.7. The molecule has 0 spiro atoms. The smallest absolute Gasteiger partial charge is 0.273 e. The third kappa shape index (κ3) is 12.9. The van der Waals surface area contributed by atoms with Gasteiger partial charge in [0.15, 0.2) is 0 Å². The van der Waals surface area contributed by atoms with Crippen LogP contribution in [0, 0.1) is 0 Å². The molecule has 0 saturated heterocycles. The summed E-state index contributed by atoms with van der Waals surface area (Å²) in [5.41, 5.74) is 0. The molecule has 0 aliphatic rings. The number of nitrogens with zero attached hydrogens (tertiary/aromatic N) is 1. The molecule has 0 atom stereocenters. The van der Waals surface area contributed by atoms with E-state index in [1.54, 1.807) is 0 Å². The summed E-state index contributed by atoms with van der Waals surface area (Å²) in [4.78, 5) is 0. The van der Waals surface area contributed by atoms with Crippen LogP contribution < -0.4 is 0 Å². The van der Waals surface area contributed by atoms with Crippen molar-refractivity contribution in [2.24, 2.45) is 0 Å². The lowest BCUT2D eigenvalue weighted by molar-refractivity contribution is 0.379. The lowest BCUT2D eigenvalue weighted by Gasteiger charge is -2.11. The maximum Gasteiger partial charge on any atom is 0.335 e. The van der Waals surface area contributed by atoms with Crippen LogP contribution in [0.2, 0.25) is 0 Å². The summed E-state index contributed by atoms with van der Waals surface area (Å²) >= 11 is 0. The van der Waals surface area contributed by atoms with Crippen molar-refractivity contribution in [1.82, 2.24) is 4.31 Å². The zero-order valence-electron chi connectivity index (χ0n) is 13.3. The van der Waals surface area contributed by atoms with Gasteiger partial charge in [-0.15, -0.1) is 0 Å². The van der Waals surface area contributed by atoms with Crippen molar-refractivity contribution in [1.29, 1.82) is 0 Å². The van der Waals surface area contributed by atoms with Crippen LogP contribution >= 0.6 is 0 Å². The minimum Gasteiger partial charge on any atom is -0.273 e. The summed E-state index contributed by atoms with van der Waals surface area (Å²) in [6.07, 6.45) is 15.1. The lowest BCUT2D eigenvalue weighted by Crippen LogP contribution is -2.26. The summed E-state index contributed by atoms with van der Waals surface area (Å²) in [6, 6.07) is 0. The maximum absolute atomic E-state index is 10.7. The molecule has 0 fully saturated rings. The van der Waals surface area contributed by atoms with Crippen LogP contribution in [0.25, 0.3) is 0 Å². The van der Waals surface area contributed by atoms with Gasteiger partial charge in [-0.1, -0.05) is 77.6 Å². The van der Waals surface area contributed by atoms with Gasteiger partial charge >= 0.3 is 10.3 Å². The molecule has 122 valence electrons. The van der Waals surface area contributed by atoms with Crippen molar-refractivity contribution in [2.45, 2.75) is 84.0 Å². The van der Waals surface area contributed by atoms with E-state index in [0.29, 0.717) is 6.54 Å². The average molecular weight is 308 g/mol. The molecule has 0 heterocycles. The zero-order valence-corrected chi connectivity index (χ0v) is 14.1. The second kappa shape index (κ2) is 12.6. The molecule has 0 aromatic heterocycles. The largest absolute Gasteiger partial charge is 0.335 e. The zero-order chi connectivity index (χ0) is 15.3. The fourth-order valence-corrected chi connectivity index (χ4v) is 2.65. The number of unbranched alkanes of at least 4 members (excludes halogenated alkanes) is 11. The van der Waals surface area contributed by atoms with E-state index in [2.05, 4.69) is 6.92 Å². The van der Waals surface area contributed by atoms with Crippen LogP contribution in [-0.2, 0) is 10.3 Å². The standard InChI is InChI=1S/C15H33NO3S/c1-3-4-5-6-7-8-9-10-11-12-13-14-15-16(2)20(17,18)19/h3-15H2,1-2H3,(H,17,18,19). The van der Waals surface area contributed by atoms with Gasteiger partial charge in [-0.2, -0.15) is 12.7 Å². The molecule has 0 aromatic carbocycles. The van der Waals surface area contributed by atoms with E-state index in [0.717, 1.165) is 23.6 Å². The normalized spacial score (nSPS) is 12.2. The molecule has 4 nitrogen and oxygen atoms in total. The predicted octanol–water partition coefficient (Wildman–Crippen LogP) is 4.42. The predicted molar refractivity (Wildman–Crippen MR) is 85.3 cm³/mol. The number of rotatable bonds is 14. The van der Waals surface area contributed by atoms with E-state index in [4.69, 9.17) is 4.55 Å². The molecule has 0 aliphatic carbocycles. The van der Waals surface area contributed by atoms with E-state index >= 15 is 0 Å². The molecule has 0 rings (SSSR count). The van der Waals surface area contributed by atoms with Crippen LogP contribution in [-0.4, -0.2) is 30.9 Å². The van der Waals surface area contributed by atoms with Crippen LogP contribution in [0.4, 0.5) is 0 Å². The van der Waals surface area contributed by atoms with Gasteiger partial charge in [0.25, 0.3) is 0 Å². The fraction of sp³-hybridized carbons (Fsp3) is 1.00. The first-order valence-corrected chi connectivity index (χ1v) is 9.57. The van der Waals surface area contributed by atoms with Crippen LogP contribution in [0.1, 0.15) is 84.0 Å². The van der Waals surface area contributed by atoms with Gasteiger partial charge in [0, 0.05) is 13.6 Å². The highest BCUT2D eigenvalue weighted by Crippen LogP contribution is 2.12. The van der Waals surface area contributed by atoms with E-state index in [9.17, 15) is 8.42 Å². The number of hydrogen-bond acceptors (Lipinski definition) is 2. The van der Waals surface area contributed by atoms with Gasteiger partial charge < -0.3 is 0 Å². The third-order valence-electron chi connectivity index (χ3n) is 3.72. The molecule has 0 bridgehead atoms. The van der Waals surface area contributed by atoms with Gasteiger partial charge in [-0.05, 0) is 6.42 Å². The summed E-state index contributed by atoms with van der Waals surface area (Å²) in [5.74, 6) is 0. The van der Waals surface area contributed by atoms with Crippen LogP contribution in [0.15, 0.2) is 0 Å². The summed E-state index contributed by atoms with van der Waals surface area (Å²) in [7, 11) is -2.57. The summed E-state index contributed by atoms with van der Waals surface area (Å²) in [6.45, 7) is 2.66. The lowest BCUT2D eigenvalue weighted by atomic mass is 10.1. The molecule has 0 unspecified atom stereocenters. The Hall–Kier alpha value is -0.130. The highest BCUT2D eigenvalue weighted by Gasteiger charge is 2.11. The Morgan fingerprint density at radius 2 is 1.10 bits per heavy atom. The van der Waals surface area contributed by atoms with Gasteiger partial charge in [0.1, 0.15) is 0 Å². The average Bonchev–Trinajstić information content (AvgIpc) is 2.38. The second-order valence-corrected chi connectivity index (χ2v) is 7.21. The Kier molecular flexibility index (Phi) is 12.5. The van der Waals surface area contributed by atoms with Gasteiger partial charge in [-0.25, -0.2) is 0 Å². The third-order valence-corrected chi connectivity index (χ3v) is 4.69. The van der Waals surface area contributed by atoms with Crippen molar-refractivity contribution in [3.63, 3.8) is 0 Å². The molecule has 20 heavy (non-hydrogen) atoms. The van der Waals surface area contributed by atoms with Gasteiger partial charge in [0.05, 0.1) is 0 Å². The van der Waals surface area contributed by atoms with E-state index in [1.165, 1.54) is 64.8 Å². The first-order chi connectivity index (χ1) is 9.48. The number of hydrogen-bond donors (Lipinski definition) is 1. The molecule has 0 amide bonds. The van der Waals surface area contributed by atoms with E-state index in [-0.39, 0.29) is 0 Å². The minimum absolute atomic E-state index is 0.413. The Bertz CT molecular complexity index is 304. The first kappa shape index (κ1) is 19.9. The quantitative estimate of drug-likeness (QED) is 0.382. The molecular weight excluding hydrogens is 274 g/mol. The summed E-state index contributed by atoms with van der Waals surface area (Å²) < 4.78 is 31.3. The Morgan fingerprint density at radius 3 is 1.45 bits per heavy atom. The van der Waals surface area contributed by atoms with Crippen molar-refractivity contribution in [2.75, 3.05) is 13.6 Å². The topological polar surface area (TPSA) is 57.6 Å². The molecule has 0 saturated carbocycles. The molecule has 0 aliphatic heterocycles. The van der Waals surface area contributed by atoms with Gasteiger partial charge in [-0.3, -0.25) is 4.55 Å². The van der Waals surface area contributed by atoms with Crippen molar-refractivity contribution in [3.05, 3.63) is 0 Å². The Balaban J connectivity index is 3.18. The van der Waals surface area contributed by atoms with Crippen molar-refractivity contribution in [3.8, 4) is 0 Å². The molecular formula is C15H33NO3S. The molecule has 5 heteroatoms. The molecule has 0 radical (unpaired) electrons.